The highest BCUT2D eigenvalue weighted by Crippen LogP contribution is 2.07. The quantitative estimate of drug-likeness (QED) is 0.792. The smallest absolute Gasteiger partial charge is 0.120 e. The molecular formula is C11H10N4. The van der Waals surface area contributed by atoms with Crippen molar-refractivity contribution in [3.63, 3.8) is 0 Å². The molecule has 0 atom stereocenters. The van der Waals surface area contributed by atoms with Crippen LogP contribution in [0.5, 0.6) is 0 Å². The average Bonchev–Trinajstić information content (AvgIpc) is 2.65. The van der Waals surface area contributed by atoms with Gasteiger partial charge in [-0.25, -0.2) is 0 Å². The Morgan fingerprint density at radius 3 is 3.07 bits per heavy atom. The summed E-state index contributed by atoms with van der Waals surface area (Å²) >= 11 is 0. The van der Waals surface area contributed by atoms with Crippen LogP contribution in [0.15, 0.2) is 36.7 Å². The van der Waals surface area contributed by atoms with Crippen LogP contribution >= 0.6 is 0 Å². The van der Waals surface area contributed by atoms with E-state index in [1.54, 1.807) is 24.4 Å². The summed E-state index contributed by atoms with van der Waals surface area (Å²) in [6, 6.07) is 9.27. The van der Waals surface area contributed by atoms with Crippen molar-refractivity contribution in [1.29, 1.82) is 5.26 Å². The number of anilines is 1. The first-order chi connectivity index (χ1) is 7.29. The van der Waals surface area contributed by atoms with Gasteiger partial charge in [-0.2, -0.15) is 5.26 Å². The van der Waals surface area contributed by atoms with Crippen molar-refractivity contribution in [3.05, 3.63) is 48.0 Å². The Morgan fingerprint density at radius 1 is 1.47 bits per heavy atom. The van der Waals surface area contributed by atoms with E-state index in [0.717, 1.165) is 5.69 Å². The Hall–Kier alpha value is -2.28. The van der Waals surface area contributed by atoms with Crippen LogP contribution in [0.3, 0.4) is 0 Å². The number of hydrogen-bond acceptors (Lipinski definition) is 3. The minimum Gasteiger partial charge on any atom is -0.399 e. The number of nitrogens with two attached hydrogens (primary N) is 1. The zero-order valence-corrected chi connectivity index (χ0v) is 8.09. The SMILES string of the molecule is N#Cc1cccn1Cc1cc(N)ccn1. The molecule has 2 heterocycles. The molecule has 0 saturated heterocycles. The maximum absolute atomic E-state index is 8.82. The van der Waals surface area contributed by atoms with Gasteiger partial charge in [-0.05, 0) is 24.3 Å². The first-order valence-electron chi connectivity index (χ1n) is 4.55. The molecule has 4 heteroatoms. The lowest BCUT2D eigenvalue weighted by molar-refractivity contribution is 0.770. The Labute approximate surface area is 87.6 Å². The maximum Gasteiger partial charge on any atom is 0.120 e. The summed E-state index contributed by atoms with van der Waals surface area (Å²) in [6.07, 6.45) is 3.52. The van der Waals surface area contributed by atoms with Crippen molar-refractivity contribution in [2.75, 3.05) is 5.73 Å². The predicted molar refractivity (Wildman–Crippen MR) is 56.9 cm³/mol. The van der Waals surface area contributed by atoms with Crippen LogP contribution in [0, 0.1) is 11.3 Å². The highest BCUT2D eigenvalue weighted by atomic mass is 15.0. The van der Waals surface area contributed by atoms with E-state index in [2.05, 4.69) is 11.1 Å². The van der Waals surface area contributed by atoms with Gasteiger partial charge in [0.25, 0.3) is 0 Å². The first kappa shape index (κ1) is 9.28. The standard InChI is InChI=1S/C11H10N4/c12-7-11-2-1-5-15(11)8-10-6-9(13)3-4-14-10/h1-6H,8H2,(H2,13,14). The lowest BCUT2D eigenvalue weighted by atomic mass is 10.3. The molecule has 0 aliphatic rings. The van der Waals surface area contributed by atoms with E-state index in [1.807, 2.05) is 16.8 Å². The monoisotopic (exact) mass is 198 g/mol. The predicted octanol–water partition coefficient (Wildman–Crippen LogP) is 1.39. The molecule has 0 fully saturated rings. The molecule has 0 aliphatic carbocycles. The maximum atomic E-state index is 8.82. The number of nitrogens with zero attached hydrogens (tertiary/aromatic N) is 3. The molecule has 2 N–H and O–H groups in total. The van der Waals surface area contributed by atoms with Gasteiger partial charge in [0.15, 0.2) is 0 Å². The summed E-state index contributed by atoms with van der Waals surface area (Å²) in [5, 5.41) is 8.82. The number of nitrogen functional groups attached to an aromatic ring is 1. The minimum atomic E-state index is 0.570. The molecule has 4 nitrogen and oxygen atoms in total. The van der Waals surface area contributed by atoms with E-state index in [-0.39, 0.29) is 0 Å². The lowest BCUT2D eigenvalue weighted by Gasteiger charge is -2.04. The summed E-state index contributed by atoms with van der Waals surface area (Å²) in [4.78, 5) is 4.18. The summed E-state index contributed by atoms with van der Waals surface area (Å²) < 4.78 is 1.84. The largest absolute Gasteiger partial charge is 0.399 e. The van der Waals surface area contributed by atoms with Gasteiger partial charge in [-0.3, -0.25) is 4.98 Å². The van der Waals surface area contributed by atoms with Gasteiger partial charge < -0.3 is 10.3 Å². The molecular weight excluding hydrogens is 188 g/mol. The zero-order chi connectivity index (χ0) is 10.7. The first-order valence-corrected chi connectivity index (χ1v) is 4.55. The van der Waals surface area contributed by atoms with E-state index in [0.29, 0.717) is 17.9 Å². The second kappa shape index (κ2) is 3.84. The normalized spacial score (nSPS) is 9.80. The average molecular weight is 198 g/mol. The molecule has 2 rings (SSSR count). The van der Waals surface area contributed by atoms with Gasteiger partial charge in [0, 0.05) is 18.1 Å². The summed E-state index contributed by atoms with van der Waals surface area (Å²) in [7, 11) is 0. The molecule has 0 bridgehead atoms. The third kappa shape index (κ3) is 1.97. The van der Waals surface area contributed by atoms with Crippen molar-refractivity contribution >= 4 is 5.69 Å². The van der Waals surface area contributed by atoms with Crippen LogP contribution in [-0.2, 0) is 6.54 Å². The van der Waals surface area contributed by atoms with E-state index in [4.69, 9.17) is 11.0 Å². The molecule has 0 spiro atoms. The number of hydrogen-bond donors (Lipinski definition) is 1. The fourth-order valence-electron chi connectivity index (χ4n) is 1.41. The van der Waals surface area contributed by atoms with Crippen LogP contribution in [0.25, 0.3) is 0 Å². The number of rotatable bonds is 2. The van der Waals surface area contributed by atoms with Crippen LogP contribution in [0.4, 0.5) is 5.69 Å². The minimum absolute atomic E-state index is 0.570. The molecule has 0 saturated carbocycles. The second-order valence-corrected chi connectivity index (χ2v) is 3.21. The number of pyridine rings is 1. The van der Waals surface area contributed by atoms with Crippen molar-refractivity contribution in [1.82, 2.24) is 9.55 Å². The molecule has 2 aromatic rings. The van der Waals surface area contributed by atoms with Gasteiger partial charge in [-0.15, -0.1) is 0 Å². The van der Waals surface area contributed by atoms with Gasteiger partial charge in [-0.1, -0.05) is 0 Å². The third-order valence-corrected chi connectivity index (χ3v) is 2.12. The Kier molecular flexibility index (Phi) is 2.38. The lowest BCUT2D eigenvalue weighted by Crippen LogP contribution is -2.03. The molecule has 0 unspecified atom stereocenters. The van der Waals surface area contributed by atoms with Gasteiger partial charge in [0.2, 0.25) is 0 Å². The highest BCUT2D eigenvalue weighted by Gasteiger charge is 2.01. The molecule has 0 aromatic carbocycles. The molecule has 0 amide bonds. The molecule has 15 heavy (non-hydrogen) atoms. The highest BCUT2D eigenvalue weighted by molar-refractivity contribution is 5.37. The molecule has 74 valence electrons. The third-order valence-electron chi connectivity index (χ3n) is 2.12. The van der Waals surface area contributed by atoms with E-state index < -0.39 is 0 Å². The summed E-state index contributed by atoms with van der Waals surface area (Å²) in [5.74, 6) is 0. The molecule has 0 radical (unpaired) electrons. The van der Waals surface area contributed by atoms with Crippen molar-refractivity contribution in [2.45, 2.75) is 6.54 Å². The van der Waals surface area contributed by atoms with Crippen LogP contribution < -0.4 is 5.73 Å². The van der Waals surface area contributed by atoms with Gasteiger partial charge >= 0.3 is 0 Å². The van der Waals surface area contributed by atoms with Gasteiger partial charge in [0.1, 0.15) is 11.8 Å². The van der Waals surface area contributed by atoms with E-state index in [1.165, 1.54) is 0 Å². The van der Waals surface area contributed by atoms with E-state index >= 15 is 0 Å². The molecule has 0 aliphatic heterocycles. The Balaban J connectivity index is 2.26. The van der Waals surface area contributed by atoms with Crippen LogP contribution in [0.1, 0.15) is 11.4 Å². The zero-order valence-electron chi connectivity index (χ0n) is 8.09. The van der Waals surface area contributed by atoms with Gasteiger partial charge in [0.05, 0.1) is 12.2 Å². The van der Waals surface area contributed by atoms with Crippen LogP contribution in [-0.4, -0.2) is 9.55 Å². The van der Waals surface area contributed by atoms with Crippen LogP contribution in [0.2, 0.25) is 0 Å². The van der Waals surface area contributed by atoms with Crippen molar-refractivity contribution in [3.8, 4) is 6.07 Å². The Bertz CT molecular complexity index is 507. The van der Waals surface area contributed by atoms with Crippen molar-refractivity contribution < 1.29 is 0 Å². The van der Waals surface area contributed by atoms with E-state index in [9.17, 15) is 0 Å². The van der Waals surface area contributed by atoms with Crippen molar-refractivity contribution in [2.24, 2.45) is 0 Å². The summed E-state index contributed by atoms with van der Waals surface area (Å²) in [6.45, 7) is 0.570. The fraction of sp³-hybridized carbons (Fsp3) is 0.0909. The Morgan fingerprint density at radius 2 is 2.33 bits per heavy atom. The number of aromatic nitrogens is 2. The molecule has 2 aromatic heterocycles. The summed E-state index contributed by atoms with van der Waals surface area (Å²) in [5.41, 5.74) is 7.80. The number of nitriles is 1. The topological polar surface area (TPSA) is 67.6 Å². The fourth-order valence-corrected chi connectivity index (χ4v) is 1.41. The second-order valence-electron chi connectivity index (χ2n) is 3.21.